The summed E-state index contributed by atoms with van der Waals surface area (Å²) < 4.78 is 0. The zero-order valence-electron chi connectivity index (χ0n) is 9.92. The van der Waals surface area contributed by atoms with Crippen molar-refractivity contribution >= 4 is 34.8 Å². The smallest absolute Gasteiger partial charge is 0.239 e. The van der Waals surface area contributed by atoms with Gasteiger partial charge in [-0.05, 0) is 18.2 Å². The number of nitrogens with zero attached hydrogens (tertiary/aromatic N) is 1. The van der Waals surface area contributed by atoms with Gasteiger partial charge in [-0.15, -0.1) is 0 Å². The Labute approximate surface area is 114 Å². The van der Waals surface area contributed by atoms with Crippen LogP contribution < -0.4 is 4.90 Å². The monoisotopic (exact) mass is 267 g/mol. The van der Waals surface area contributed by atoms with Crippen molar-refractivity contribution in [1.29, 1.82) is 0 Å². The Morgan fingerprint density at radius 2 is 1.74 bits per heavy atom. The van der Waals surface area contributed by atoms with Gasteiger partial charge in [-0.25, -0.2) is 0 Å². The number of hydrogen-bond acceptors (Lipinski definition) is 3. The minimum absolute atomic E-state index is 0.0601. The number of carbonyl (C=O) groups is 2. The number of rotatable bonds is 0. The van der Waals surface area contributed by atoms with E-state index in [1.54, 1.807) is 22.7 Å². The van der Waals surface area contributed by atoms with Gasteiger partial charge in [0.2, 0.25) is 5.91 Å². The van der Waals surface area contributed by atoms with Gasteiger partial charge in [0.05, 0.1) is 17.8 Å². The summed E-state index contributed by atoms with van der Waals surface area (Å²) in [6.45, 7) is 0. The molecule has 2 aromatic carbocycles. The van der Waals surface area contributed by atoms with E-state index < -0.39 is 0 Å². The Kier molecular flexibility index (Phi) is 2.11. The van der Waals surface area contributed by atoms with E-state index in [0.717, 1.165) is 21.2 Å². The molecule has 2 aliphatic heterocycles. The molecule has 19 heavy (non-hydrogen) atoms. The van der Waals surface area contributed by atoms with E-state index in [1.165, 1.54) is 0 Å². The van der Waals surface area contributed by atoms with Gasteiger partial charge < -0.3 is 0 Å². The number of Topliss-reactive ketones (excluding diaryl/α,β-unsaturated/α-hetero) is 1. The second kappa shape index (κ2) is 3.71. The van der Waals surface area contributed by atoms with Crippen molar-refractivity contribution in [1.82, 2.24) is 0 Å². The average molecular weight is 267 g/mol. The van der Waals surface area contributed by atoms with Crippen molar-refractivity contribution in [2.24, 2.45) is 0 Å². The third kappa shape index (κ3) is 1.40. The molecule has 0 saturated carbocycles. The molecular weight excluding hydrogens is 258 g/mol. The van der Waals surface area contributed by atoms with Gasteiger partial charge in [-0.1, -0.05) is 36.0 Å². The molecule has 4 bridgehead atoms. The maximum absolute atomic E-state index is 12.3. The molecule has 3 nitrogen and oxygen atoms in total. The van der Waals surface area contributed by atoms with E-state index >= 15 is 0 Å². The summed E-state index contributed by atoms with van der Waals surface area (Å²) in [5.74, 6) is -0.246. The highest BCUT2D eigenvalue weighted by Gasteiger charge is 2.35. The Morgan fingerprint density at radius 3 is 2.63 bits per heavy atom. The van der Waals surface area contributed by atoms with Crippen LogP contribution in [0.25, 0.3) is 0 Å². The molecule has 2 aromatic rings. The molecule has 92 valence electrons. The van der Waals surface area contributed by atoms with Crippen LogP contribution in [-0.2, 0) is 4.79 Å². The first kappa shape index (κ1) is 10.8. The van der Waals surface area contributed by atoms with Crippen molar-refractivity contribution in [3.8, 4) is 0 Å². The average Bonchev–Trinajstić information content (AvgIpc) is 2.47. The summed E-state index contributed by atoms with van der Waals surface area (Å²) in [4.78, 5) is 28.1. The van der Waals surface area contributed by atoms with Crippen molar-refractivity contribution in [3.05, 3.63) is 48.0 Å². The molecule has 0 aliphatic carbocycles. The first-order valence-corrected chi connectivity index (χ1v) is 6.83. The number of hydrogen-bond donors (Lipinski definition) is 0. The van der Waals surface area contributed by atoms with Crippen molar-refractivity contribution in [2.75, 3.05) is 4.90 Å². The summed E-state index contributed by atoms with van der Waals surface area (Å²) >= 11 is 1.57. The van der Waals surface area contributed by atoms with Gasteiger partial charge in [0, 0.05) is 15.4 Å². The van der Waals surface area contributed by atoms with Gasteiger partial charge in [-0.2, -0.15) is 0 Å². The molecule has 0 saturated heterocycles. The summed E-state index contributed by atoms with van der Waals surface area (Å²) in [7, 11) is 0. The van der Waals surface area contributed by atoms with Crippen LogP contribution in [0.4, 0.5) is 11.4 Å². The highest BCUT2D eigenvalue weighted by atomic mass is 32.2. The molecule has 2 heterocycles. The Hall–Kier alpha value is -2.07. The number of ketones is 1. The fourth-order valence-electron chi connectivity index (χ4n) is 2.58. The molecule has 0 aromatic heterocycles. The Morgan fingerprint density at radius 1 is 0.947 bits per heavy atom. The maximum Gasteiger partial charge on any atom is 0.239 e. The number of carbonyl (C=O) groups excluding carboxylic acids is 2. The second-order valence-corrected chi connectivity index (χ2v) is 5.60. The van der Waals surface area contributed by atoms with Gasteiger partial charge in [0.1, 0.15) is 0 Å². The van der Waals surface area contributed by atoms with Crippen LogP contribution in [0.2, 0.25) is 0 Å². The molecule has 0 N–H and O–H groups in total. The first-order chi connectivity index (χ1) is 9.25. The quantitative estimate of drug-likeness (QED) is 0.686. The molecule has 4 rings (SSSR count). The van der Waals surface area contributed by atoms with Gasteiger partial charge in [0.25, 0.3) is 0 Å². The van der Waals surface area contributed by atoms with Gasteiger partial charge >= 0.3 is 0 Å². The number of benzene rings is 2. The van der Waals surface area contributed by atoms with Crippen molar-refractivity contribution < 1.29 is 9.59 Å². The summed E-state index contributed by atoms with van der Waals surface area (Å²) in [6.07, 6.45) is -0.0601. The Bertz CT molecular complexity index is 739. The molecule has 1 amide bonds. The van der Waals surface area contributed by atoms with Crippen molar-refractivity contribution in [3.63, 3.8) is 0 Å². The van der Waals surface area contributed by atoms with Crippen LogP contribution in [0.15, 0.2) is 52.3 Å². The molecule has 4 heteroatoms. The molecule has 0 radical (unpaired) electrons. The standard InChI is InChI=1S/C15H9NO2S/c17-12-8-14(18)16-10-5-1-2-7-13(10)19-15-9(12)4-3-6-11(15)16/h1-7H,8H2. The minimum atomic E-state index is -0.153. The van der Waals surface area contributed by atoms with Crippen LogP contribution in [0.3, 0.4) is 0 Å². The molecule has 0 fully saturated rings. The largest absolute Gasteiger partial charge is 0.294 e. The Balaban J connectivity index is 2.08. The van der Waals surface area contributed by atoms with E-state index in [2.05, 4.69) is 0 Å². The minimum Gasteiger partial charge on any atom is -0.294 e. The number of amides is 1. The lowest BCUT2D eigenvalue weighted by molar-refractivity contribution is -0.117. The zero-order chi connectivity index (χ0) is 13.0. The second-order valence-electron chi connectivity index (χ2n) is 4.55. The van der Waals surface area contributed by atoms with E-state index in [4.69, 9.17) is 0 Å². The molecule has 2 aliphatic rings. The lowest BCUT2D eigenvalue weighted by Gasteiger charge is -2.29. The number of anilines is 2. The topological polar surface area (TPSA) is 37.4 Å². The van der Waals surface area contributed by atoms with Crippen LogP contribution in [-0.4, -0.2) is 11.7 Å². The lowest BCUT2D eigenvalue weighted by Crippen LogP contribution is -2.27. The van der Waals surface area contributed by atoms with Gasteiger partial charge in [-0.3, -0.25) is 14.5 Å². The zero-order valence-corrected chi connectivity index (χ0v) is 10.7. The normalized spacial score (nSPS) is 16.1. The first-order valence-electron chi connectivity index (χ1n) is 6.02. The van der Waals surface area contributed by atoms with E-state index in [0.29, 0.717) is 5.56 Å². The predicted octanol–water partition coefficient (Wildman–Crippen LogP) is 3.40. The van der Waals surface area contributed by atoms with Gasteiger partial charge in [0.15, 0.2) is 5.78 Å². The lowest BCUT2D eigenvalue weighted by atomic mass is 10.1. The maximum atomic E-state index is 12.3. The highest BCUT2D eigenvalue weighted by Crippen LogP contribution is 2.51. The fourth-order valence-corrected chi connectivity index (χ4v) is 3.76. The molecular formula is C15H9NO2S. The third-order valence-corrected chi connectivity index (χ3v) is 4.61. The van der Waals surface area contributed by atoms with E-state index in [-0.39, 0.29) is 18.1 Å². The molecule has 0 unspecified atom stereocenters. The molecule has 0 spiro atoms. The van der Waals surface area contributed by atoms with Crippen molar-refractivity contribution in [2.45, 2.75) is 16.2 Å². The third-order valence-electron chi connectivity index (χ3n) is 3.41. The summed E-state index contributed by atoms with van der Waals surface area (Å²) in [5.41, 5.74) is 2.36. The predicted molar refractivity (Wildman–Crippen MR) is 73.1 cm³/mol. The highest BCUT2D eigenvalue weighted by molar-refractivity contribution is 7.99. The van der Waals surface area contributed by atoms with Crippen LogP contribution in [0, 0.1) is 0 Å². The van der Waals surface area contributed by atoms with E-state index in [9.17, 15) is 9.59 Å². The van der Waals surface area contributed by atoms with E-state index in [1.807, 2.05) is 36.4 Å². The number of fused-ring (bicyclic) bond motifs is 2. The summed E-state index contributed by atoms with van der Waals surface area (Å²) in [6, 6.07) is 13.3. The number of para-hydroxylation sites is 1. The SMILES string of the molecule is O=C1CC(=O)N2c3ccccc3Sc3c1cccc32. The van der Waals surface area contributed by atoms with Crippen LogP contribution in [0.1, 0.15) is 16.8 Å². The fraction of sp³-hybridized carbons (Fsp3) is 0.0667. The van der Waals surface area contributed by atoms with Crippen LogP contribution in [0.5, 0.6) is 0 Å². The van der Waals surface area contributed by atoms with Crippen LogP contribution >= 0.6 is 11.8 Å². The summed E-state index contributed by atoms with van der Waals surface area (Å²) in [5, 5.41) is 0. The molecule has 0 atom stereocenters.